The van der Waals surface area contributed by atoms with Gasteiger partial charge in [0, 0.05) is 31.5 Å². The van der Waals surface area contributed by atoms with Gasteiger partial charge >= 0.3 is 0 Å². The Balaban J connectivity index is 1.82. The fourth-order valence-corrected chi connectivity index (χ4v) is 8.08. The second-order valence-corrected chi connectivity index (χ2v) is 10.7. The maximum Gasteiger partial charge on any atom is 0.192 e. The van der Waals surface area contributed by atoms with Crippen molar-refractivity contribution in [3.05, 3.63) is 0 Å². The van der Waals surface area contributed by atoms with Crippen LogP contribution < -0.4 is 0 Å². The van der Waals surface area contributed by atoms with Gasteiger partial charge in [0.1, 0.15) is 11.4 Å². The van der Waals surface area contributed by atoms with Crippen LogP contribution in [-0.2, 0) is 19.0 Å². The Morgan fingerprint density at radius 1 is 0.929 bits per heavy atom. The highest BCUT2D eigenvalue weighted by molar-refractivity contribution is 5.85. The molecule has 28 heavy (non-hydrogen) atoms. The number of hydrogen-bond donors (Lipinski definition) is 2. The van der Waals surface area contributed by atoms with Crippen LogP contribution in [0, 0.1) is 28.1 Å². The SMILES string of the molecule is COC1OC(OC)C2(O)C3(C)CCC4C(C)(C)C(=O)CCC4(C)C3CCC12O. The number of hydrogen-bond acceptors (Lipinski definition) is 6. The predicted molar refractivity (Wildman–Crippen MR) is 102 cm³/mol. The first-order valence-electron chi connectivity index (χ1n) is 10.6. The highest BCUT2D eigenvalue weighted by Crippen LogP contribution is 2.72. The molecule has 3 aliphatic carbocycles. The number of fused-ring (bicyclic) bond motifs is 5. The number of ketones is 1. The van der Waals surface area contributed by atoms with E-state index in [4.69, 9.17) is 14.2 Å². The number of methoxy groups -OCH3 is 2. The Kier molecular flexibility index (Phi) is 4.45. The summed E-state index contributed by atoms with van der Waals surface area (Å²) < 4.78 is 16.8. The average Bonchev–Trinajstić information content (AvgIpc) is 2.87. The van der Waals surface area contributed by atoms with E-state index < -0.39 is 29.2 Å². The lowest BCUT2D eigenvalue weighted by Crippen LogP contribution is -2.75. The fraction of sp³-hybridized carbons (Fsp3) is 0.955. The van der Waals surface area contributed by atoms with Crippen molar-refractivity contribution >= 4 is 5.78 Å². The van der Waals surface area contributed by atoms with Gasteiger partial charge in [-0.05, 0) is 49.4 Å². The first kappa shape index (κ1) is 20.7. The van der Waals surface area contributed by atoms with E-state index in [1.165, 1.54) is 14.2 Å². The summed E-state index contributed by atoms with van der Waals surface area (Å²) in [6.45, 7) is 8.56. The average molecular weight is 397 g/mol. The fourth-order valence-electron chi connectivity index (χ4n) is 8.08. The van der Waals surface area contributed by atoms with Crippen LogP contribution in [0.25, 0.3) is 0 Å². The van der Waals surface area contributed by atoms with Gasteiger partial charge in [-0.1, -0.05) is 27.7 Å². The third-order valence-electron chi connectivity index (χ3n) is 9.55. The largest absolute Gasteiger partial charge is 0.381 e. The van der Waals surface area contributed by atoms with Crippen molar-refractivity contribution in [3.8, 4) is 0 Å². The molecule has 0 spiro atoms. The van der Waals surface area contributed by atoms with Crippen LogP contribution in [0.3, 0.4) is 0 Å². The first-order chi connectivity index (χ1) is 12.9. The van der Waals surface area contributed by atoms with E-state index >= 15 is 0 Å². The Morgan fingerprint density at radius 3 is 2.14 bits per heavy atom. The molecular weight excluding hydrogens is 360 g/mol. The maximum absolute atomic E-state index is 12.7. The minimum absolute atomic E-state index is 0.0785. The zero-order valence-electron chi connectivity index (χ0n) is 18.1. The van der Waals surface area contributed by atoms with Crippen molar-refractivity contribution in [2.45, 2.75) is 90.0 Å². The number of Topliss-reactive ketones (excluding diaryl/α,β-unsaturated/α-hetero) is 1. The van der Waals surface area contributed by atoms with Gasteiger partial charge in [0.05, 0.1) is 0 Å². The molecule has 4 aliphatic rings. The predicted octanol–water partition coefficient (Wildman–Crippen LogP) is 2.65. The highest BCUT2D eigenvalue weighted by Gasteiger charge is 2.79. The van der Waals surface area contributed by atoms with E-state index in [0.717, 1.165) is 19.3 Å². The van der Waals surface area contributed by atoms with E-state index in [-0.39, 0.29) is 22.7 Å². The minimum atomic E-state index is -1.57. The van der Waals surface area contributed by atoms with Crippen LogP contribution in [0.2, 0.25) is 0 Å². The Morgan fingerprint density at radius 2 is 1.54 bits per heavy atom. The highest BCUT2D eigenvalue weighted by atomic mass is 16.8. The van der Waals surface area contributed by atoms with E-state index in [1.54, 1.807) is 0 Å². The molecular formula is C22H36O6. The van der Waals surface area contributed by atoms with Crippen molar-refractivity contribution in [1.29, 1.82) is 0 Å². The number of carbonyl (C=O) groups excluding carboxylic acids is 1. The molecule has 4 rings (SSSR count). The van der Waals surface area contributed by atoms with Gasteiger partial charge in [0.2, 0.25) is 0 Å². The van der Waals surface area contributed by atoms with Crippen LogP contribution in [0.1, 0.15) is 66.2 Å². The third-order valence-corrected chi connectivity index (χ3v) is 9.55. The Labute approximate surface area is 167 Å². The molecule has 0 aromatic rings. The zero-order chi connectivity index (χ0) is 20.8. The van der Waals surface area contributed by atoms with Crippen LogP contribution in [0.5, 0.6) is 0 Å². The third kappa shape index (κ3) is 2.09. The van der Waals surface area contributed by atoms with E-state index in [2.05, 4.69) is 27.7 Å². The van der Waals surface area contributed by atoms with Crippen molar-refractivity contribution in [2.24, 2.45) is 28.1 Å². The molecule has 8 unspecified atom stereocenters. The molecule has 1 saturated heterocycles. The number of carbonyl (C=O) groups is 1. The van der Waals surface area contributed by atoms with Crippen LogP contribution in [0.4, 0.5) is 0 Å². The molecule has 1 aliphatic heterocycles. The lowest BCUT2D eigenvalue weighted by Gasteiger charge is -2.68. The second-order valence-electron chi connectivity index (χ2n) is 10.7. The molecule has 0 bridgehead atoms. The molecule has 1 heterocycles. The van der Waals surface area contributed by atoms with Gasteiger partial charge in [-0.3, -0.25) is 4.79 Å². The summed E-state index contributed by atoms with van der Waals surface area (Å²) in [5, 5.41) is 23.8. The monoisotopic (exact) mass is 396 g/mol. The van der Waals surface area contributed by atoms with Crippen molar-refractivity contribution in [2.75, 3.05) is 14.2 Å². The van der Waals surface area contributed by atoms with E-state index in [9.17, 15) is 15.0 Å². The molecule has 0 aromatic heterocycles. The number of ether oxygens (including phenoxy) is 3. The Bertz CT molecular complexity index is 678. The summed E-state index contributed by atoms with van der Waals surface area (Å²) in [5.74, 6) is 0.784. The number of rotatable bonds is 2. The van der Waals surface area contributed by atoms with Crippen LogP contribution in [-0.4, -0.2) is 54.0 Å². The van der Waals surface area contributed by atoms with Gasteiger partial charge in [0.25, 0.3) is 0 Å². The molecule has 0 radical (unpaired) electrons. The van der Waals surface area contributed by atoms with Gasteiger partial charge in [-0.25, -0.2) is 0 Å². The molecule has 6 nitrogen and oxygen atoms in total. The van der Waals surface area contributed by atoms with Crippen molar-refractivity contribution in [1.82, 2.24) is 0 Å². The molecule has 4 fully saturated rings. The summed E-state index contributed by atoms with van der Waals surface area (Å²) in [6.07, 6.45) is 2.26. The summed E-state index contributed by atoms with van der Waals surface area (Å²) in [6, 6.07) is 0. The summed E-state index contributed by atoms with van der Waals surface area (Å²) >= 11 is 0. The standard InChI is InChI=1S/C22H36O6/c1-18(2)13-7-11-20(4)14(19(13,3)10-9-15(18)23)8-12-21(24)16(26-5)28-17(27-6)22(20,21)25/h13-14,16-17,24-25H,7-12H2,1-6H3. The quantitative estimate of drug-likeness (QED) is 0.746. The maximum atomic E-state index is 12.7. The molecule has 160 valence electrons. The van der Waals surface area contributed by atoms with Crippen LogP contribution >= 0.6 is 0 Å². The van der Waals surface area contributed by atoms with E-state index in [0.29, 0.717) is 25.0 Å². The lowest BCUT2D eigenvalue weighted by molar-refractivity contribution is -0.316. The molecule has 3 saturated carbocycles. The van der Waals surface area contributed by atoms with Crippen LogP contribution in [0.15, 0.2) is 0 Å². The molecule has 0 aromatic carbocycles. The Hall–Kier alpha value is -0.530. The van der Waals surface area contributed by atoms with Gasteiger partial charge < -0.3 is 24.4 Å². The van der Waals surface area contributed by atoms with Gasteiger partial charge in [-0.15, -0.1) is 0 Å². The summed E-state index contributed by atoms with van der Waals surface area (Å²) in [7, 11) is 2.99. The molecule has 0 amide bonds. The summed E-state index contributed by atoms with van der Waals surface area (Å²) in [4.78, 5) is 12.7. The topological polar surface area (TPSA) is 85.2 Å². The molecule has 6 heteroatoms. The van der Waals surface area contributed by atoms with Gasteiger partial charge in [-0.2, -0.15) is 0 Å². The normalized spacial score (nSPS) is 55.4. The van der Waals surface area contributed by atoms with E-state index in [1.807, 2.05) is 0 Å². The van der Waals surface area contributed by atoms with Crippen molar-refractivity contribution < 1.29 is 29.2 Å². The number of aliphatic hydroxyl groups is 2. The first-order valence-corrected chi connectivity index (χ1v) is 10.6. The zero-order valence-corrected chi connectivity index (χ0v) is 18.1. The molecule has 2 N–H and O–H groups in total. The van der Waals surface area contributed by atoms with Gasteiger partial charge in [0.15, 0.2) is 18.2 Å². The lowest BCUT2D eigenvalue weighted by atomic mass is 9.37. The molecule has 8 atom stereocenters. The van der Waals surface area contributed by atoms with Crippen molar-refractivity contribution in [3.63, 3.8) is 0 Å². The summed E-state index contributed by atoms with van der Waals surface area (Å²) in [5.41, 5.74) is -4.12. The minimum Gasteiger partial charge on any atom is -0.381 e. The smallest absolute Gasteiger partial charge is 0.192 e. The second kappa shape index (κ2) is 6.01.